The van der Waals surface area contributed by atoms with Crippen LogP contribution in [0.25, 0.3) is 109 Å². The molecule has 0 aliphatic rings. The zero-order valence-electron chi connectivity index (χ0n) is 34.4. The molecule has 64 heavy (non-hydrogen) atoms. The molecule has 13 rings (SSSR count). The van der Waals surface area contributed by atoms with E-state index in [0.717, 1.165) is 98.4 Å². The molecule has 300 valence electrons. The van der Waals surface area contributed by atoms with Crippen LogP contribution in [0, 0.1) is 0 Å². The van der Waals surface area contributed by atoms with Gasteiger partial charge in [-0.25, -0.2) is 4.98 Å². The van der Waals surface area contributed by atoms with E-state index >= 15 is 0 Å². The Morgan fingerprint density at radius 3 is 1.81 bits per heavy atom. The molecule has 10 aromatic carbocycles. The predicted octanol–water partition coefficient (Wildman–Crippen LogP) is 17.4. The highest BCUT2D eigenvalue weighted by atomic mass is 32.1. The maximum atomic E-state index is 6.81. The summed E-state index contributed by atoms with van der Waals surface area (Å²) in [6.07, 6.45) is 0. The van der Waals surface area contributed by atoms with E-state index in [1.165, 1.54) is 27.5 Å². The third kappa shape index (κ3) is 6.09. The summed E-state index contributed by atoms with van der Waals surface area (Å²) in [7, 11) is 0. The third-order valence-electron chi connectivity index (χ3n) is 12.5. The van der Waals surface area contributed by atoms with Gasteiger partial charge >= 0.3 is 0 Å². The van der Waals surface area contributed by atoms with Crippen LogP contribution in [0.2, 0.25) is 0 Å². The van der Waals surface area contributed by atoms with Gasteiger partial charge in [-0.05, 0) is 117 Å². The maximum Gasteiger partial charge on any atom is 0.145 e. The van der Waals surface area contributed by atoms with E-state index in [4.69, 9.17) is 13.8 Å². The Hall–Kier alpha value is -8.25. The number of fused-ring (bicyclic) bond motifs is 9. The molecule has 0 spiro atoms. The zero-order valence-corrected chi connectivity index (χ0v) is 35.2. The fraction of sp³-hybridized carbons (Fsp3) is 0. The van der Waals surface area contributed by atoms with E-state index in [2.05, 4.69) is 205 Å². The minimum Gasteiger partial charge on any atom is -0.456 e. The predicted molar refractivity (Wildman–Crippen MR) is 268 cm³/mol. The first kappa shape index (κ1) is 36.4. The number of anilines is 3. The van der Waals surface area contributed by atoms with Crippen LogP contribution in [0.15, 0.2) is 227 Å². The van der Waals surface area contributed by atoms with Crippen molar-refractivity contribution < 1.29 is 8.83 Å². The van der Waals surface area contributed by atoms with Gasteiger partial charge in [0.25, 0.3) is 0 Å². The molecule has 0 unspecified atom stereocenters. The summed E-state index contributed by atoms with van der Waals surface area (Å²) in [5, 5.41) is 7.70. The molecule has 0 amide bonds. The zero-order chi connectivity index (χ0) is 42.1. The molecule has 0 radical (unpaired) electrons. The SMILES string of the molecule is c1ccc(-c2cccc(N(c3ccc(-c4ccc5ccccc5c4)cc3)c3cccc(-c4cc5sc(-c6ccc7oc8ccccc8c7c6)nc5c5c4oc4ccccc45)c3)c2)cc1. The minimum absolute atomic E-state index is 0.830. The van der Waals surface area contributed by atoms with Crippen LogP contribution in [0.4, 0.5) is 17.1 Å². The lowest BCUT2D eigenvalue weighted by molar-refractivity contribution is 0.669. The smallest absolute Gasteiger partial charge is 0.145 e. The van der Waals surface area contributed by atoms with Crippen molar-refractivity contribution in [2.75, 3.05) is 4.90 Å². The number of aromatic nitrogens is 1. The van der Waals surface area contributed by atoms with Crippen LogP contribution >= 0.6 is 11.3 Å². The Morgan fingerprint density at radius 2 is 0.984 bits per heavy atom. The van der Waals surface area contributed by atoms with Crippen LogP contribution in [-0.4, -0.2) is 4.98 Å². The maximum absolute atomic E-state index is 6.81. The van der Waals surface area contributed by atoms with Gasteiger partial charge in [0.15, 0.2) is 0 Å². The molecule has 3 aromatic heterocycles. The first-order chi connectivity index (χ1) is 31.7. The molecule has 0 saturated carbocycles. The molecular formula is C59H36N2O2S. The van der Waals surface area contributed by atoms with Gasteiger partial charge in [0.1, 0.15) is 27.3 Å². The van der Waals surface area contributed by atoms with E-state index in [1.54, 1.807) is 11.3 Å². The van der Waals surface area contributed by atoms with Gasteiger partial charge in [-0.3, -0.25) is 0 Å². The largest absolute Gasteiger partial charge is 0.456 e. The molecule has 4 nitrogen and oxygen atoms in total. The second kappa shape index (κ2) is 14.7. The van der Waals surface area contributed by atoms with E-state index in [0.29, 0.717) is 0 Å². The highest BCUT2D eigenvalue weighted by Gasteiger charge is 2.22. The van der Waals surface area contributed by atoms with E-state index in [-0.39, 0.29) is 0 Å². The quantitative estimate of drug-likeness (QED) is 0.160. The topological polar surface area (TPSA) is 42.4 Å². The van der Waals surface area contributed by atoms with Gasteiger partial charge in [-0.2, -0.15) is 0 Å². The number of benzene rings is 10. The molecule has 5 heteroatoms. The van der Waals surface area contributed by atoms with Crippen LogP contribution in [0.3, 0.4) is 0 Å². The van der Waals surface area contributed by atoms with Crippen molar-refractivity contribution in [2.24, 2.45) is 0 Å². The van der Waals surface area contributed by atoms with Gasteiger partial charge in [0, 0.05) is 44.3 Å². The molecule has 13 aromatic rings. The molecule has 0 bridgehead atoms. The summed E-state index contributed by atoms with van der Waals surface area (Å²) in [4.78, 5) is 7.72. The summed E-state index contributed by atoms with van der Waals surface area (Å²) in [5.41, 5.74) is 15.4. The Morgan fingerprint density at radius 1 is 0.375 bits per heavy atom. The highest BCUT2D eigenvalue weighted by molar-refractivity contribution is 7.21. The lowest BCUT2D eigenvalue weighted by Crippen LogP contribution is -2.10. The summed E-state index contributed by atoms with van der Waals surface area (Å²) in [5.74, 6) is 0. The Labute approximate surface area is 372 Å². The van der Waals surface area contributed by atoms with E-state index in [9.17, 15) is 0 Å². The number of thiazole rings is 1. The second-order valence-electron chi connectivity index (χ2n) is 16.3. The Kier molecular flexibility index (Phi) is 8.36. The number of rotatable bonds is 7. The molecule has 0 aliphatic carbocycles. The third-order valence-corrected chi connectivity index (χ3v) is 13.5. The summed E-state index contributed by atoms with van der Waals surface area (Å²) < 4.78 is 14.1. The monoisotopic (exact) mass is 836 g/mol. The molecule has 0 N–H and O–H groups in total. The summed E-state index contributed by atoms with van der Waals surface area (Å²) in [6, 6.07) is 77.6. The van der Waals surface area contributed by atoms with Gasteiger partial charge < -0.3 is 13.7 Å². The fourth-order valence-electron chi connectivity index (χ4n) is 9.36. The summed E-state index contributed by atoms with van der Waals surface area (Å²) >= 11 is 1.71. The van der Waals surface area contributed by atoms with Gasteiger partial charge in [0.2, 0.25) is 0 Å². The van der Waals surface area contributed by atoms with Crippen LogP contribution < -0.4 is 4.90 Å². The van der Waals surface area contributed by atoms with Crippen molar-refractivity contribution in [3.05, 3.63) is 218 Å². The van der Waals surface area contributed by atoms with Crippen molar-refractivity contribution in [1.82, 2.24) is 4.98 Å². The van der Waals surface area contributed by atoms with Crippen LogP contribution in [-0.2, 0) is 0 Å². The van der Waals surface area contributed by atoms with Gasteiger partial charge in [0.05, 0.1) is 15.6 Å². The Balaban J connectivity index is 0.964. The average Bonchev–Trinajstić information content (AvgIpc) is 4.08. The molecular weight excluding hydrogens is 801 g/mol. The second-order valence-corrected chi connectivity index (χ2v) is 17.3. The van der Waals surface area contributed by atoms with E-state index < -0.39 is 0 Å². The number of hydrogen-bond acceptors (Lipinski definition) is 5. The molecule has 0 saturated heterocycles. The summed E-state index contributed by atoms with van der Waals surface area (Å²) in [6.45, 7) is 0. The average molecular weight is 837 g/mol. The number of furan rings is 2. The highest BCUT2D eigenvalue weighted by Crippen LogP contribution is 2.46. The molecule has 0 aliphatic heterocycles. The first-order valence-electron chi connectivity index (χ1n) is 21.5. The van der Waals surface area contributed by atoms with Crippen LogP contribution in [0.1, 0.15) is 0 Å². The van der Waals surface area contributed by atoms with Gasteiger partial charge in [-0.1, -0.05) is 140 Å². The molecule has 3 heterocycles. The van der Waals surface area contributed by atoms with Gasteiger partial charge in [-0.15, -0.1) is 11.3 Å². The lowest BCUT2D eigenvalue weighted by atomic mass is 9.99. The van der Waals surface area contributed by atoms with Crippen LogP contribution in [0.5, 0.6) is 0 Å². The van der Waals surface area contributed by atoms with Crippen molar-refractivity contribution in [3.63, 3.8) is 0 Å². The number of hydrogen-bond donors (Lipinski definition) is 0. The van der Waals surface area contributed by atoms with Crippen molar-refractivity contribution >= 4 is 93.3 Å². The minimum atomic E-state index is 0.830. The Bertz CT molecular complexity index is 3920. The molecule has 0 atom stereocenters. The normalized spacial score (nSPS) is 11.8. The lowest BCUT2D eigenvalue weighted by Gasteiger charge is -2.27. The first-order valence-corrected chi connectivity index (χ1v) is 22.3. The van der Waals surface area contributed by atoms with Crippen molar-refractivity contribution in [2.45, 2.75) is 0 Å². The standard InChI is InChI=1S/C59H36N2O2S/c1-2-12-37(13-3-1)41-16-10-18-46(33-41)61(45-29-26-39(27-30-45)42-25-24-38-14-4-5-15-40(38)32-42)47-19-11-17-43(34-47)50-36-55-57(56-49-21-7-9-23-53(49)63-58(50)56)60-59(64-55)44-28-31-54-51(35-44)48-20-6-8-22-52(48)62-54/h1-36H. The fourth-order valence-corrected chi connectivity index (χ4v) is 10.4. The van der Waals surface area contributed by atoms with Crippen molar-refractivity contribution in [3.8, 4) is 44.0 Å². The van der Waals surface area contributed by atoms with E-state index in [1.807, 2.05) is 18.2 Å². The number of para-hydroxylation sites is 2. The molecule has 0 fully saturated rings. The van der Waals surface area contributed by atoms with Crippen molar-refractivity contribution in [1.29, 1.82) is 0 Å². The number of nitrogens with zero attached hydrogens (tertiary/aromatic N) is 2.